The third kappa shape index (κ3) is 4.77. The van der Waals surface area contributed by atoms with Crippen LogP contribution in [0.5, 0.6) is 0 Å². The number of hydrogen-bond donors (Lipinski definition) is 1. The van der Waals surface area contributed by atoms with E-state index in [-0.39, 0.29) is 11.9 Å². The number of rotatable bonds is 7. The van der Waals surface area contributed by atoms with Crippen LogP contribution >= 0.6 is 11.8 Å². The standard InChI is InChI=1S/C11H19N3O2S/c1-4-6-17-7-10(15)12-8(3)11-13-9(5-2)14-16-11/h8H,4-7H2,1-3H3,(H,12,15)/t8-/m0/s1. The average molecular weight is 257 g/mol. The van der Waals surface area contributed by atoms with Crippen molar-refractivity contribution in [1.29, 1.82) is 0 Å². The van der Waals surface area contributed by atoms with E-state index in [1.165, 1.54) is 0 Å². The molecule has 0 aliphatic carbocycles. The lowest BCUT2D eigenvalue weighted by Gasteiger charge is -2.08. The zero-order valence-electron chi connectivity index (χ0n) is 10.5. The fraction of sp³-hybridized carbons (Fsp3) is 0.727. The Morgan fingerprint density at radius 3 is 2.88 bits per heavy atom. The van der Waals surface area contributed by atoms with Crippen LogP contribution in [-0.4, -0.2) is 27.6 Å². The van der Waals surface area contributed by atoms with Crippen LogP contribution < -0.4 is 5.32 Å². The molecule has 1 rings (SSSR count). The summed E-state index contributed by atoms with van der Waals surface area (Å²) in [4.78, 5) is 15.7. The Bertz CT molecular complexity index is 354. The Balaban J connectivity index is 2.37. The second-order valence-electron chi connectivity index (χ2n) is 3.74. The van der Waals surface area contributed by atoms with E-state index in [0.29, 0.717) is 17.5 Å². The van der Waals surface area contributed by atoms with Gasteiger partial charge < -0.3 is 9.84 Å². The highest BCUT2D eigenvalue weighted by molar-refractivity contribution is 7.99. The highest BCUT2D eigenvalue weighted by atomic mass is 32.2. The third-order valence-corrected chi connectivity index (χ3v) is 3.29. The van der Waals surface area contributed by atoms with E-state index in [1.54, 1.807) is 11.8 Å². The van der Waals surface area contributed by atoms with Crippen molar-refractivity contribution in [2.24, 2.45) is 0 Å². The second kappa shape index (κ2) is 7.32. The first-order valence-corrected chi connectivity index (χ1v) is 7.02. The normalized spacial score (nSPS) is 12.4. The molecule has 1 aromatic rings. The van der Waals surface area contributed by atoms with Gasteiger partial charge in [-0.3, -0.25) is 4.79 Å². The van der Waals surface area contributed by atoms with Gasteiger partial charge in [-0.2, -0.15) is 16.7 Å². The third-order valence-electron chi connectivity index (χ3n) is 2.13. The van der Waals surface area contributed by atoms with Gasteiger partial charge in [0.25, 0.3) is 0 Å². The summed E-state index contributed by atoms with van der Waals surface area (Å²) < 4.78 is 5.06. The lowest BCUT2D eigenvalue weighted by Crippen LogP contribution is -2.28. The number of hydrogen-bond acceptors (Lipinski definition) is 5. The van der Waals surface area contributed by atoms with Crippen molar-refractivity contribution in [2.75, 3.05) is 11.5 Å². The van der Waals surface area contributed by atoms with Crippen LogP contribution in [0.1, 0.15) is 44.9 Å². The predicted molar refractivity (Wildman–Crippen MR) is 67.8 cm³/mol. The van der Waals surface area contributed by atoms with Crippen molar-refractivity contribution in [3.8, 4) is 0 Å². The van der Waals surface area contributed by atoms with Gasteiger partial charge in [0.05, 0.1) is 5.75 Å². The minimum Gasteiger partial charge on any atom is -0.344 e. The van der Waals surface area contributed by atoms with Crippen molar-refractivity contribution in [1.82, 2.24) is 15.5 Å². The molecule has 17 heavy (non-hydrogen) atoms. The number of nitrogens with zero attached hydrogens (tertiary/aromatic N) is 2. The molecular weight excluding hydrogens is 238 g/mol. The molecule has 5 nitrogen and oxygen atoms in total. The average Bonchev–Trinajstić information content (AvgIpc) is 2.78. The van der Waals surface area contributed by atoms with Gasteiger partial charge in [-0.1, -0.05) is 19.0 Å². The molecule has 0 aromatic carbocycles. The first-order chi connectivity index (χ1) is 8.17. The number of nitrogens with one attached hydrogen (secondary N) is 1. The van der Waals surface area contributed by atoms with Gasteiger partial charge in [-0.05, 0) is 19.1 Å². The Morgan fingerprint density at radius 2 is 2.29 bits per heavy atom. The van der Waals surface area contributed by atoms with Crippen molar-refractivity contribution < 1.29 is 9.32 Å². The Kier molecular flexibility index (Phi) is 6.04. The Morgan fingerprint density at radius 1 is 1.53 bits per heavy atom. The van der Waals surface area contributed by atoms with Crippen LogP contribution in [0.25, 0.3) is 0 Å². The van der Waals surface area contributed by atoms with Crippen LogP contribution in [0.15, 0.2) is 4.52 Å². The molecule has 0 spiro atoms. The minimum absolute atomic E-state index is 0.00667. The fourth-order valence-corrected chi connectivity index (χ4v) is 1.94. The van der Waals surface area contributed by atoms with Gasteiger partial charge in [0.2, 0.25) is 11.8 Å². The highest BCUT2D eigenvalue weighted by Gasteiger charge is 2.15. The summed E-state index contributed by atoms with van der Waals surface area (Å²) >= 11 is 1.63. The van der Waals surface area contributed by atoms with E-state index in [9.17, 15) is 4.79 Å². The Labute approximate surface area is 106 Å². The van der Waals surface area contributed by atoms with Crippen molar-refractivity contribution in [3.63, 3.8) is 0 Å². The molecule has 1 atom stereocenters. The summed E-state index contributed by atoms with van der Waals surface area (Å²) in [6.07, 6.45) is 1.81. The lowest BCUT2D eigenvalue weighted by molar-refractivity contribution is -0.119. The van der Waals surface area contributed by atoms with Crippen molar-refractivity contribution in [2.45, 2.75) is 39.7 Å². The number of aromatic nitrogens is 2. The van der Waals surface area contributed by atoms with Gasteiger partial charge in [0.1, 0.15) is 6.04 Å². The smallest absolute Gasteiger partial charge is 0.248 e. The zero-order chi connectivity index (χ0) is 12.7. The summed E-state index contributed by atoms with van der Waals surface area (Å²) in [5.41, 5.74) is 0. The summed E-state index contributed by atoms with van der Waals surface area (Å²) in [6, 6.07) is -0.225. The van der Waals surface area contributed by atoms with Gasteiger partial charge >= 0.3 is 0 Å². The molecule has 6 heteroatoms. The molecule has 1 aromatic heterocycles. The SMILES string of the molecule is CCCSCC(=O)N[C@@H](C)c1nc(CC)no1. The molecule has 0 saturated heterocycles. The molecule has 0 bridgehead atoms. The summed E-state index contributed by atoms with van der Waals surface area (Å²) in [5.74, 6) is 2.62. The molecule has 96 valence electrons. The van der Waals surface area contributed by atoms with E-state index in [0.717, 1.165) is 18.6 Å². The zero-order valence-corrected chi connectivity index (χ0v) is 11.3. The Hall–Kier alpha value is -1.04. The van der Waals surface area contributed by atoms with E-state index >= 15 is 0 Å². The van der Waals surface area contributed by atoms with Crippen LogP contribution in [0, 0.1) is 0 Å². The number of thioether (sulfide) groups is 1. The van der Waals surface area contributed by atoms with Gasteiger partial charge in [0, 0.05) is 6.42 Å². The molecule has 0 radical (unpaired) electrons. The van der Waals surface area contributed by atoms with E-state index < -0.39 is 0 Å². The minimum atomic E-state index is -0.225. The molecule has 0 saturated carbocycles. The van der Waals surface area contributed by atoms with Crippen molar-refractivity contribution in [3.05, 3.63) is 11.7 Å². The first-order valence-electron chi connectivity index (χ1n) is 5.87. The number of aryl methyl sites for hydroxylation is 1. The molecule has 0 aliphatic rings. The maximum absolute atomic E-state index is 11.6. The topological polar surface area (TPSA) is 68.0 Å². The fourth-order valence-electron chi connectivity index (χ4n) is 1.24. The lowest BCUT2D eigenvalue weighted by atomic mass is 10.3. The summed E-state index contributed by atoms with van der Waals surface area (Å²) in [6.45, 7) is 5.90. The molecule has 0 aliphatic heterocycles. The van der Waals surface area contributed by atoms with Crippen LogP contribution in [0.2, 0.25) is 0 Å². The van der Waals surface area contributed by atoms with Gasteiger partial charge in [-0.15, -0.1) is 0 Å². The van der Waals surface area contributed by atoms with Crippen LogP contribution in [0.3, 0.4) is 0 Å². The molecule has 0 unspecified atom stereocenters. The van der Waals surface area contributed by atoms with Gasteiger partial charge in [-0.25, -0.2) is 0 Å². The number of amides is 1. The van der Waals surface area contributed by atoms with Crippen LogP contribution in [0.4, 0.5) is 0 Å². The summed E-state index contributed by atoms with van der Waals surface area (Å²) in [5, 5.41) is 6.63. The van der Waals surface area contributed by atoms with Gasteiger partial charge in [0.15, 0.2) is 5.82 Å². The largest absolute Gasteiger partial charge is 0.344 e. The maximum Gasteiger partial charge on any atom is 0.248 e. The molecule has 0 fully saturated rings. The van der Waals surface area contributed by atoms with E-state index in [1.807, 2.05) is 13.8 Å². The van der Waals surface area contributed by atoms with Crippen LogP contribution in [-0.2, 0) is 11.2 Å². The monoisotopic (exact) mass is 257 g/mol. The number of carbonyl (C=O) groups excluding carboxylic acids is 1. The molecule has 1 amide bonds. The summed E-state index contributed by atoms with van der Waals surface area (Å²) in [7, 11) is 0. The first kappa shape index (κ1) is 14.0. The molecule has 1 heterocycles. The molecule has 1 N–H and O–H groups in total. The second-order valence-corrected chi connectivity index (χ2v) is 4.85. The quantitative estimate of drug-likeness (QED) is 0.756. The molecular formula is C11H19N3O2S. The number of carbonyl (C=O) groups is 1. The highest BCUT2D eigenvalue weighted by Crippen LogP contribution is 2.10. The van der Waals surface area contributed by atoms with E-state index in [2.05, 4.69) is 22.4 Å². The van der Waals surface area contributed by atoms with E-state index in [4.69, 9.17) is 4.52 Å². The van der Waals surface area contributed by atoms with Crippen molar-refractivity contribution >= 4 is 17.7 Å². The predicted octanol–water partition coefficient (Wildman–Crippen LogP) is 1.95. The maximum atomic E-state index is 11.6.